The third-order valence-electron chi connectivity index (χ3n) is 9.78. The van der Waals surface area contributed by atoms with Crippen molar-refractivity contribution in [2.75, 3.05) is 27.2 Å². The van der Waals surface area contributed by atoms with Crippen LogP contribution in [0.4, 0.5) is 0 Å². The van der Waals surface area contributed by atoms with Crippen LogP contribution < -0.4 is 5.32 Å². The van der Waals surface area contributed by atoms with Crippen LogP contribution in [0.5, 0.6) is 0 Å². The van der Waals surface area contributed by atoms with Crippen LogP contribution >= 0.6 is 0 Å². The standard InChI is InChI=1S/C25H44N2O/c1-17(26-14-15-27(4)5)21-8-9-22-20-7-6-18-16-19(28)10-12-24(18,2)23(20)11-13-25(21,22)3/h6,17,19-23,26,28H,7-16H2,1-5H3/t17?,19?,20-,21+,22-,23-,24-,25+/m0/s1. The summed E-state index contributed by atoms with van der Waals surface area (Å²) in [6.45, 7) is 9.86. The van der Waals surface area contributed by atoms with Crippen LogP contribution in [0, 0.1) is 34.5 Å². The summed E-state index contributed by atoms with van der Waals surface area (Å²) in [4.78, 5) is 2.28. The van der Waals surface area contributed by atoms with Gasteiger partial charge in [-0.25, -0.2) is 0 Å². The molecule has 0 amide bonds. The van der Waals surface area contributed by atoms with E-state index in [-0.39, 0.29) is 6.10 Å². The van der Waals surface area contributed by atoms with E-state index in [2.05, 4.69) is 51.2 Å². The number of fused-ring (bicyclic) bond motifs is 5. The van der Waals surface area contributed by atoms with Gasteiger partial charge in [0.05, 0.1) is 6.10 Å². The van der Waals surface area contributed by atoms with E-state index in [1.54, 1.807) is 5.57 Å². The molecule has 0 bridgehead atoms. The third-order valence-corrected chi connectivity index (χ3v) is 9.78. The Morgan fingerprint density at radius 3 is 2.68 bits per heavy atom. The first-order chi connectivity index (χ1) is 13.3. The second-order valence-electron chi connectivity index (χ2n) is 11.4. The topological polar surface area (TPSA) is 35.5 Å². The minimum atomic E-state index is -0.0883. The van der Waals surface area contributed by atoms with Crippen molar-refractivity contribution < 1.29 is 5.11 Å². The van der Waals surface area contributed by atoms with Crippen molar-refractivity contribution in [3.8, 4) is 0 Å². The predicted octanol–water partition coefficient (Wildman–Crippen LogP) is 4.47. The van der Waals surface area contributed by atoms with Gasteiger partial charge in [0.1, 0.15) is 0 Å². The van der Waals surface area contributed by atoms with Crippen molar-refractivity contribution in [1.29, 1.82) is 0 Å². The number of hydrogen-bond donors (Lipinski definition) is 2. The molecule has 3 fully saturated rings. The Morgan fingerprint density at radius 1 is 1.14 bits per heavy atom. The molecule has 4 aliphatic carbocycles. The van der Waals surface area contributed by atoms with Gasteiger partial charge in [0.2, 0.25) is 0 Å². The van der Waals surface area contributed by atoms with Gasteiger partial charge in [-0.05, 0) is 107 Å². The van der Waals surface area contributed by atoms with Crippen LogP contribution in [0.15, 0.2) is 11.6 Å². The van der Waals surface area contributed by atoms with Gasteiger partial charge in [-0.1, -0.05) is 25.5 Å². The highest BCUT2D eigenvalue weighted by atomic mass is 16.3. The Labute approximate surface area is 173 Å². The molecular formula is C25H44N2O. The fourth-order valence-corrected chi connectivity index (χ4v) is 8.16. The zero-order chi connectivity index (χ0) is 20.1. The molecule has 160 valence electrons. The summed E-state index contributed by atoms with van der Waals surface area (Å²) < 4.78 is 0. The second kappa shape index (κ2) is 7.71. The van der Waals surface area contributed by atoms with Crippen molar-refractivity contribution in [3.05, 3.63) is 11.6 Å². The molecular weight excluding hydrogens is 344 g/mol. The van der Waals surface area contributed by atoms with Crippen molar-refractivity contribution >= 4 is 0 Å². The van der Waals surface area contributed by atoms with Crippen LogP contribution in [-0.4, -0.2) is 49.3 Å². The average Bonchev–Trinajstić information content (AvgIpc) is 2.99. The van der Waals surface area contributed by atoms with Crippen LogP contribution in [0.3, 0.4) is 0 Å². The maximum atomic E-state index is 10.2. The lowest BCUT2D eigenvalue weighted by molar-refractivity contribution is -0.0535. The SMILES string of the molecule is CC(NCCN(C)C)[C@H]1CC[C@H]2[C@@H]3CC=C4CC(O)CC[C@]4(C)[C@H]3CC[C@]12C. The Bertz CT molecular complexity index is 601. The number of rotatable bonds is 5. The van der Waals surface area contributed by atoms with Gasteiger partial charge >= 0.3 is 0 Å². The monoisotopic (exact) mass is 388 g/mol. The fourth-order valence-electron chi connectivity index (χ4n) is 8.16. The number of aliphatic hydroxyl groups is 1. The second-order valence-corrected chi connectivity index (χ2v) is 11.4. The lowest BCUT2D eigenvalue weighted by atomic mass is 9.47. The molecule has 0 spiro atoms. The van der Waals surface area contributed by atoms with Crippen molar-refractivity contribution in [1.82, 2.24) is 10.2 Å². The minimum absolute atomic E-state index is 0.0883. The lowest BCUT2D eigenvalue weighted by Crippen LogP contribution is -2.52. The largest absolute Gasteiger partial charge is 0.393 e. The number of allylic oxidation sites excluding steroid dienone is 1. The summed E-state index contributed by atoms with van der Waals surface area (Å²) in [7, 11) is 4.33. The molecule has 0 radical (unpaired) electrons. The molecule has 0 aliphatic heterocycles. The summed E-state index contributed by atoms with van der Waals surface area (Å²) in [6, 6.07) is 0.626. The molecule has 8 atom stereocenters. The van der Waals surface area contributed by atoms with E-state index in [9.17, 15) is 5.11 Å². The van der Waals surface area contributed by atoms with Crippen molar-refractivity contribution in [2.45, 2.75) is 84.3 Å². The van der Waals surface area contributed by atoms with Gasteiger partial charge in [0.15, 0.2) is 0 Å². The third kappa shape index (κ3) is 3.40. The Hall–Kier alpha value is -0.380. The van der Waals surface area contributed by atoms with E-state index in [1.807, 2.05) is 0 Å². The summed E-state index contributed by atoms with van der Waals surface area (Å²) in [5.41, 5.74) is 2.49. The molecule has 2 unspecified atom stereocenters. The molecule has 3 heteroatoms. The quantitative estimate of drug-likeness (QED) is 0.682. The summed E-state index contributed by atoms with van der Waals surface area (Å²) in [6.07, 6.45) is 12.6. The van der Waals surface area contributed by atoms with E-state index >= 15 is 0 Å². The van der Waals surface area contributed by atoms with Crippen LogP contribution in [-0.2, 0) is 0 Å². The maximum absolute atomic E-state index is 10.2. The van der Waals surface area contributed by atoms with Crippen molar-refractivity contribution in [2.24, 2.45) is 34.5 Å². The zero-order valence-corrected chi connectivity index (χ0v) is 19.0. The van der Waals surface area contributed by atoms with Gasteiger partial charge in [-0.3, -0.25) is 0 Å². The zero-order valence-electron chi connectivity index (χ0n) is 19.0. The van der Waals surface area contributed by atoms with Gasteiger partial charge in [-0.2, -0.15) is 0 Å². The van der Waals surface area contributed by atoms with Crippen LogP contribution in [0.25, 0.3) is 0 Å². The molecule has 0 aromatic heterocycles. The minimum Gasteiger partial charge on any atom is -0.393 e. The normalized spacial score (nSPS) is 46.5. The molecule has 3 saturated carbocycles. The van der Waals surface area contributed by atoms with E-state index in [1.165, 1.54) is 38.5 Å². The highest BCUT2D eigenvalue weighted by Gasteiger charge is 2.59. The summed E-state index contributed by atoms with van der Waals surface area (Å²) >= 11 is 0. The Kier molecular flexibility index (Phi) is 5.74. The van der Waals surface area contributed by atoms with E-state index < -0.39 is 0 Å². The molecule has 4 aliphatic rings. The summed E-state index contributed by atoms with van der Waals surface area (Å²) in [5, 5.41) is 14.1. The number of nitrogens with one attached hydrogen (secondary N) is 1. The first kappa shape index (κ1) is 20.9. The maximum Gasteiger partial charge on any atom is 0.0577 e. The molecule has 3 nitrogen and oxygen atoms in total. The number of hydrogen-bond acceptors (Lipinski definition) is 3. The molecule has 0 heterocycles. The highest BCUT2D eigenvalue weighted by Crippen LogP contribution is 2.66. The number of aliphatic hydroxyl groups excluding tert-OH is 1. The van der Waals surface area contributed by atoms with Gasteiger partial charge in [0.25, 0.3) is 0 Å². The van der Waals surface area contributed by atoms with Crippen LogP contribution in [0.1, 0.15) is 72.1 Å². The molecule has 0 saturated heterocycles. The van der Waals surface area contributed by atoms with Crippen molar-refractivity contribution in [3.63, 3.8) is 0 Å². The molecule has 0 aromatic carbocycles. The average molecular weight is 389 g/mol. The van der Waals surface area contributed by atoms with E-state index in [0.29, 0.717) is 16.9 Å². The van der Waals surface area contributed by atoms with E-state index in [0.717, 1.165) is 49.6 Å². The van der Waals surface area contributed by atoms with Gasteiger partial charge in [0, 0.05) is 19.1 Å². The summed E-state index contributed by atoms with van der Waals surface area (Å²) in [5.74, 6) is 3.46. The highest BCUT2D eigenvalue weighted by molar-refractivity contribution is 5.25. The number of nitrogens with zero attached hydrogens (tertiary/aromatic N) is 1. The van der Waals surface area contributed by atoms with Gasteiger partial charge < -0.3 is 15.3 Å². The van der Waals surface area contributed by atoms with E-state index in [4.69, 9.17) is 0 Å². The van der Waals surface area contributed by atoms with Crippen LogP contribution in [0.2, 0.25) is 0 Å². The molecule has 0 aromatic rings. The Morgan fingerprint density at radius 2 is 1.93 bits per heavy atom. The first-order valence-corrected chi connectivity index (χ1v) is 12.0. The molecule has 28 heavy (non-hydrogen) atoms. The lowest BCUT2D eigenvalue weighted by Gasteiger charge is -2.58. The van der Waals surface area contributed by atoms with Gasteiger partial charge in [-0.15, -0.1) is 0 Å². The predicted molar refractivity (Wildman–Crippen MR) is 117 cm³/mol. The first-order valence-electron chi connectivity index (χ1n) is 12.0. The number of likely N-dealkylation sites (N-methyl/N-ethyl adjacent to an activating group) is 1. The molecule has 2 N–H and O–H groups in total. The molecule has 4 rings (SSSR count). The Balaban J connectivity index is 1.49. The fraction of sp³-hybridized carbons (Fsp3) is 0.920. The smallest absolute Gasteiger partial charge is 0.0577 e.